The van der Waals surface area contributed by atoms with Gasteiger partial charge in [0.15, 0.2) is 0 Å². The molecule has 140 valence electrons. The minimum absolute atomic E-state index is 0.433. The second kappa shape index (κ2) is 9.73. The van der Waals surface area contributed by atoms with Gasteiger partial charge in [-0.2, -0.15) is 0 Å². The van der Waals surface area contributed by atoms with Crippen LogP contribution in [0.2, 0.25) is 0 Å². The smallest absolute Gasteiger partial charge is 0.0688 e. The summed E-state index contributed by atoms with van der Waals surface area (Å²) in [5.41, 5.74) is 0.973. The third kappa shape index (κ3) is 5.82. The molecule has 2 aliphatic rings. The van der Waals surface area contributed by atoms with Gasteiger partial charge in [-0.05, 0) is 63.6 Å². The first-order valence-electron chi connectivity index (χ1n) is 10.7. The molecular formula is C23H37NO. The van der Waals surface area contributed by atoms with Gasteiger partial charge in [-0.3, -0.25) is 0 Å². The normalized spacial score (nSPS) is 29.1. The molecule has 0 spiro atoms. The highest BCUT2D eigenvalue weighted by molar-refractivity contribution is 5.14. The largest absolute Gasteiger partial charge is 0.390 e. The molecule has 1 aromatic carbocycles. The minimum atomic E-state index is -0.433. The zero-order chi connectivity index (χ0) is 17.4. The van der Waals surface area contributed by atoms with Gasteiger partial charge in [0.25, 0.3) is 0 Å². The second-order valence-corrected chi connectivity index (χ2v) is 8.45. The van der Waals surface area contributed by atoms with E-state index in [1.807, 2.05) is 0 Å². The van der Waals surface area contributed by atoms with E-state index in [0.29, 0.717) is 5.92 Å². The lowest BCUT2D eigenvalue weighted by Crippen LogP contribution is -2.44. The van der Waals surface area contributed by atoms with Crippen LogP contribution in [-0.4, -0.2) is 35.2 Å². The van der Waals surface area contributed by atoms with Crippen LogP contribution >= 0.6 is 0 Å². The third-order valence-electron chi connectivity index (χ3n) is 6.52. The van der Waals surface area contributed by atoms with Gasteiger partial charge in [-0.15, -0.1) is 0 Å². The lowest BCUT2D eigenvalue weighted by Gasteiger charge is -2.38. The standard InChI is InChI=1S/C23H37NO/c25-23(17-11-14-21-12-5-3-6-13-21)16-8-4-7-15-22(23)20-24-18-9-1-2-10-19-24/h3,5-6,12-13,22,25H,1-2,4,7-11,14-20H2. The Morgan fingerprint density at radius 2 is 1.64 bits per heavy atom. The molecule has 1 saturated heterocycles. The summed E-state index contributed by atoms with van der Waals surface area (Å²) >= 11 is 0. The summed E-state index contributed by atoms with van der Waals surface area (Å²) < 4.78 is 0. The molecule has 2 nitrogen and oxygen atoms in total. The van der Waals surface area contributed by atoms with Crippen LogP contribution in [0.1, 0.15) is 76.2 Å². The average molecular weight is 344 g/mol. The lowest BCUT2D eigenvalue weighted by atomic mass is 9.78. The molecular weight excluding hydrogens is 306 g/mol. The number of rotatable bonds is 6. The lowest BCUT2D eigenvalue weighted by molar-refractivity contribution is -0.0450. The summed E-state index contributed by atoms with van der Waals surface area (Å²) in [5.74, 6) is 0.476. The van der Waals surface area contributed by atoms with Crippen LogP contribution in [0.5, 0.6) is 0 Å². The van der Waals surface area contributed by atoms with Crippen molar-refractivity contribution in [1.82, 2.24) is 4.90 Å². The van der Waals surface area contributed by atoms with Crippen molar-refractivity contribution in [2.45, 2.75) is 82.7 Å². The summed E-state index contributed by atoms with van der Waals surface area (Å²) in [6, 6.07) is 10.8. The molecule has 1 saturated carbocycles. The van der Waals surface area contributed by atoms with E-state index >= 15 is 0 Å². The number of benzene rings is 1. The Hall–Kier alpha value is -0.860. The van der Waals surface area contributed by atoms with Gasteiger partial charge in [0.05, 0.1) is 5.60 Å². The fourth-order valence-corrected chi connectivity index (χ4v) is 4.94. The van der Waals surface area contributed by atoms with Crippen LogP contribution in [0.25, 0.3) is 0 Å². The fourth-order valence-electron chi connectivity index (χ4n) is 4.94. The quantitative estimate of drug-likeness (QED) is 0.718. The van der Waals surface area contributed by atoms with E-state index in [1.54, 1.807) is 0 Å². The van der Waals surface area contributed by atoms with Gasteiger partial charge in [0, 0.05) is 12.5 Å². The van der Waals surface area contributed by atoms with Crippen molar-refractivity contribution in [2.24, 2.45) is 5.92 Å². The Labute approximate surface area is 154 Å². The van der Waals surface area contributed by atoms with E-state index in [-0.39, 0.29) is 0 Å². The van der Waals surface area contributed by atoms with Gasteiger partial charge >= 0.3 is 0 Å². The van der Waals surface area contributed by atoms with Crippen molar-refractivity contribution < 1.29 is 5.11 Å². The summed E-state index contributed by atoms with van der Waals surface area (Å²) in [6.07, 6.45) is 14.7. The second-order valence-electron chi connectivity index (χ2n) is 8.45. The number of hydrogen-bond donors (Lipinski definition) is 1. The predicted molar refractivity (Wildman–Crippen MR) is 106 cm³/mol. The molecule has 0 aromatic heterocycles. The number of aliphatic hydroxyl groups is 1. The number of nitrogens with zero attached hydrogens (tertiary/aromatic N) is 1. The molecule has 1 heterocycles. The Balaban J connectivity index is 1.57. The summed E-state index contributed by atoms with van der Waals surface area (Å²) in [5, 5.41) is 11.6. The Morgan fingerprint density at radius 3 is 2.40 bits per heavy atom. The van der Waals surface area contributed by atoms with Crippen molar-refractivity contribution in [3.05, 3.63) is 35.9 Å². The maximum Gasteiger partial charge on any atom is 0.0688 e. The molecule has 2 heteroatoms. The van der Waals surface area contributed by atoms with Crippen molar-refractivity contribution in [3.8, 4) is 0 Å². The van der Waals surface area contributed by atoms with Crippen LogP contribution in [-0.2, 0) is 6.42 Å². The third-order valence-corrected chi connectivity index (χ3v) is 6.52. The monoisotopic (exact) mass is 343 g/mol. The molecule has 1 aliphatic carbocycles. The van der Waals surface area contributed by atoms with E-state index in [9.17, 15) is 5.11 Å². The molecule has 1 aliphatic heterocycles. The van der Waals surface area contributed by atoms with Crippen LogP contribution < -0.4 is 0 Å². The first kappa shape index (κ1) is 18.9. The SMILES string of the molecule is OC1(CCCc2ccccc2)CCCCCC1CN1CCCCCC1. The van der Waals surface area contributed by atoms with Crippen LogP contribution in [0, 0.1) is 5.92 Å². The molecule has 2 atom stereocenters. The number of aryl methyl sites for hydroxylation is 1. The van der Waals surface area contributed by atoms with E-state index < -0.39 is 5.60 Å². The summed E-state index contributed by atoms with van der Waals surface area (Å²) in [7, 11) is 0. The highest BCUT2D eigenvalue weighted by atomic mass is 16.3. The van der Waals surface area contributed by atoms with Crippen LogP contribution in [0.4, 0.5) is 0 Å². The van der Waals surface area contributed by atoms with Gasteiger partial charge in [0.2, 0.25) is 0 Å². The van der Waals surface area contributed by atoms with E-state index in [1.165, 1.54) is 70.0 Å². The average Bonchev–Trinajstić information content (AvgIpc) is 2.98. The van der Waals surface area contributed by atoms with Crippen LogP contribution in [0.15, 0.2) is 30.3 Å². The van der Waals surface area contributed by atoms with Crippen molar-refractivity contribution >= 4 is 0 Å². The zero-order valence-electron chi connectivity index (χ0n) is 16.0. The van der Waals surface area contributed by atoms with Crippen LogP contribution in [0.3, 0.4) is 0 Å². The minimum Gasteiger partial charge on any atom is -0.390 e. The summed E-state index contributed by atoms with van der Waals surface area (Å²) in [4.78, 5) is 2.66. The van der Waals surface area contributed by atoms with Crippen molar-refractivity contribution in [3.63, 3.8) is 0 Å². The maximum absolute atomic E-state index is 11.6. The molecule has 3 rings (SSSR count). The van der Waals surface area contributed by atoms with Gasteiger partial charge < -0.3 is 10.0 Å². The number of likely N-dealkylation sites (tertiary alicyclic amines) is 1. The first-order valence-corrected chi connectivity index (χ1v) is 10.7. The van der Waals surface area contributed by atoms with E-state index in [2.05, 4.69) is 35.2 Å². The van der Waals surface area contributed by atoms with Gasteiger partial charge in [0.1, 0.15) is 0 Å². The molecule has 2 unspecified atom stereocenters. The number of hydrogen-bond acceptors (Lipinski definition) is 2. The molecule has 0 bridgehead atoms. The van der Waals surface area contributed by atoms with E-state index in [0.717, 1.165) is 32.2 Å². The van der Waals surface area contributed by atoms with Crippen molar-refractivity contribution in [1.29, 1.82) is 0 Å². The molecule has 25 heavy (non-hydrogen) atoms. The molecule has 0 amide bonds. The van der Waals surface area contributed by atoms with Crippen molar-refractivity contribution in [2.75, 3.05) is 19.6 Å². The molecule has 1 aromatic rings. The van der Waals surface area contributed by atoms with Gasteiger partial charge in [-0.25, -0.2) is 0 Å². The Bertz CT molecular complexity index is 480. The molecule has 1 N–H and O–H groups in total. The maximum atomic E-state index is 11.6. The highest BCUT2D eigenvalue weighted by Crippen LogP contribution is 2.37. The Kier molecular flexibility index (Phi) is 7.36. The predicted octanol–water partition coefficient (Wildman–Crippen LogP) is 5.20. The molecule has 0 radical (unpaired) electrons. The highest BCUT2D eigenvalue weighted by Gasteiger charge is 2.37. The zero-order valence-corrected chi connectivity index (χ0v) is 16.0. The topological polar surface area (TPSA) is 23.5 Å². The first-order chi connectivity index (χ1) is 12.3. The fraction of sp³-hybridized carbons (Fsp3) is 0.739. The molecule has 2 fully saturated rings. The Morgan fingerprint density at radius 1 is 0.920 bits per heavy atom. The van der Waals surface area contributed by atoms with E-state index in [4.69, 9.17) is 0 Å². The summed E-state index contributed by atoms with van der Waals surface area (Å²) in [6.45, 7) is 3.62. The van der Waals surface area contributed by atoms with Gasteiger partial charge in [-0.1, -0.05) is 62.4 Å².